The van der Waals surface area contributed by atoms with Gasteiger partial charge in [0.05, 0.1) is 16.0 Å². The van der Waals surface area contributed by atoms with Gasteiger partial charge in [0.15, 0.2) is 0 Å². The van der Waals surface area contributed by atoms with E-state index in [9.17, 15) is 15.2 Å². The second kappa shape index (κ2) is 6.85. The van der Waals surface area contributed by atoms with E-state index in [4.69, 9.17) is 0 Å². The summed E-state index contributed by atoms with van der Waals surface area (Å²) in [6, 6.07) is 5.14. The minimum absolute atomic E-state index is 0.0737. The molecule has 0 aliphatic heterocycles. The van der Waals surface area contributed by atoms with E-state index in [1.807, 2.05) is 6.07 Å². The van der Waals surface area contributed by atoms with Crippen LogP contribution < -0.4 is 5.32 Å². The highest BCUT2D eigenvalue weighted by molar-refractivity contribution is 9.10. The molecule has 1 fully saturated rings. The topological polar surface area (TPSA) is 75.4 Å². The molecule has 0 unspecified atom stereocenters. The molecule has 1 aliphatic rings. The van der Waals surface area contributed by atoms with Crippen LogP contribution in [0.4, 0.5) is 5.69 Å². The molecule has 6 heteroatoms. The molecule has 1 aliphatic carbocycles. The molecule has 0 atom stereocenters. The maximum Gasteiger partial charge on any atom is 0.283 e. The van der Waals surface area contributed by atoms with Crippen LogP contribution in [0.15, 0.2) is 22.7 Å². The predicted molar refractivity (Wildman–Crippen MR) is 85.1 cm³/mol. The molecular weight excluding hydrogens is 336 g/mol. The maximum atomic E-state index is 11.0. The van der Waals surface area contributed by atoms with Crippen LogP contribution in [0.5, 0.6) is 0 Å². The Morgan fingerprint density at radius 2 is 2.14 bits per heavy atom. The van der Waals surface area contributed by atoms with Crippen LogP contribution in [0.25, 0.3) is 0 Å². The zero-order valence-electron chi connectivity index (χ0n) is 12.1. The second-order valence-electron chi connectivity index (χ2n) is 6.02. The normalized spacial score (nSPS) is 25.8. The zero-order valence-corrected chi connectivity index (χ0v) is 13.7. The second-order valence-corrected chi connectivity index (χ2v) is 6.87. The van der Waals surface area contributed by atoms with Gasteiger partial charge in [0, 0.05) is 18.2 Å². The van der Waals surface area contributed by atoms with Gasteiger partial charge in [-0.05, 0) is 59.2 Å². The lowest BCUT2D eigenvalue weighted by molar-refractivity contribution is -0.385. The van der Waals surface area contributed by atoms with Crippen LogP contribution in [-0.4, -0.2) is 22.2 Å². The van der Waals surface area contributed by atoms with E-state index in [0.29, 0.717) is 16.9 Å². The zero-order chi connectivity index (χ0) is 15.5. The Labute approximate surface area is 133 Å². The third-order valence-corrected chi connectivity index (χ3v) is 5.08. The fraction of sp³-hybridized carbons (Fsp3) is 0.600. The Balaban J connectivity index is 2.05. The van der Waals surface area contributed by atoms with E-state index in [2.05, 4.69) is 28.2 Å². The molecule has 2 N–H and O–H groups in total. The molecular formula is C15H21BrN2O3. The molecule has 2 rings (SSSR count). The average molecular weight is 357 g/mol. The minimum Gasteiger partial charge on any atom is -0.394 e. The van der Waals surface area contributed by atoms with Gasteiger partial charge in [0.2, 0.25) is 0 Å². The Morgan fingerprint density at radius 1 is 1.48 bits per heavy atom. The van der Waals surface area contributed by atoms with Crippen LogP contribution >= 0.6 is 15.9 Å². The Hall–Kier alpha value is -0.980. The summed E-state index contributed by atoms with van der Waals surface area (Å²) in [4.78, 5) is 10.6. The molecule has 0 radical (unpaired) electrons. The molecule has 1 aromatic carbocycles. The molecule has 1 saturated carbocycles. The number of nitrogens with zero attached hydrogens (tertiary/aromatic N) is 1. The van der Waals surface area contributed by atoms with Crippen LogP contribution in [-0.2, 0) is 6.54 Å². The number of rotatable bonds is 5. The van der Waals surface area contributed by atoms with Crippen LogP contribution in [0.3, 0.4) is 0 Å². The van der Waals surface area contributed by atoms with E-state index < -0.39 is 4.92 Å². The van der Waals surface area contributed by atoms with Crippen molar-refractivity contribution in [2.75, 3.05) is 6.61 Å². The first-order chi connectivity index (χ1) is 9.96. The highest BCUT2D eigenvalue weighted by Crippen LogP contribution is 2.32. The summed E-state index contributed by atoms with van der Waals surface area (Å²) in [7, 11) is 0. The van der Waals surface area contributed by atoms with Gasteiger partial charge in [-0.15, -0.1) is 0 Å². The van der Waals surface area contributed by atoms with Gasteiger partial charge < -0.3 is 10.4 Å². The van der Waals surface area contributed by atoms with Gasteiger partial charge in [0.1, 0.15) is 0 Å². The summed E-state index contributed by atoms with van der Waals surface area (Å²) in [5.74, 6) is 0.709. The standard InChI is InChI=1S/C15H21BrN2O3/c1-11-4-6-15(10-19,7-5-11)17-9-12-2-3-13(16)14(8-12)18(20)21/h2-3,8,11,17,19H,4-7,9-10H2,1H3. The van der Waals surface area contributed by atoms with Gasteiger partial charge >= 0.3 is 0 Å². The molecule has 0 heterocycles. The number of benzene rings is 1. The predicted octanol–water partition coefficient (Wildman–Crippen LogP) is 3.39. The van der Waals surface area contributed by atoms with Crippen molar-refractivity contribution in [1.29, 1.82) is 0 Å². The third kappa shape index (κ3) is 4.02. The highest BCUT2D eigenvalue weighted by atomic mass is 79.9. The molecule has 0 spiro atoms. The Morgan fingerprint density at radius 3 is 2.71 bits per heavy atom. The van der Waals surface area contributed by atoms with E-state index in [-0.39, 0.29) is 17.8 Å². The molecule has 0 amide bonds. The molecule has 1 aromatic rings. The van der Waals surface area contributed by atoms with Crippen molar-refractivity contribution in [3.8, 4) is 0 Å². The van der Waals surface area contributed by atoms with Gasteiger partial charge in [-0.2, -0.15) is 0 Å². The Bertz CT molecular complexity index is 514. The fourth-order valence-corrected chi connectivity index (χ4v) is 3.19. The van der Waals surface area contributed by atoms with Crippen molar-refractivity contribution in [2.24, 2.45) is 5.92 Å². The summed E-state index contributed by atoms with van der Waals surface area (Å²) in [5, 5.41) is 24.1. The molecule has 116 valence electrons. The number of nitrogens with one attached hydrogen (secondary N) is 1. The largest absolute Gasteiger partial charge is 0.394 e. The number of hydrogen-bond donors (Lipinski definition) is 2. The smallest absolute Gasteiger partial charge is 0.283 e. The van der Waals surface area contributed by atoms with Crippen LogP contribution in [0, 0.1) is 16.0 Å². The van der Waals surface area contributed by atoms with Crippen molar-refractivity contribution in [1.82, 2.24) is 5.32 Å². The van der Waals surface area contributed by atoms with Gasteiger partial charge in [-0.25, -0.2) is 0 Å². The number of nitro groups is 1. The van der Waals surface area contributed by atoms with Gasteiger partial charge in [-0.3, -0.25) is 10.1 Å². The van der Waals surface area contributed by atoms with Crippen LogP contribution in [0.1, 0.15) is 38.2 Å². The summed E-state index contributed by atoms with van der Waals surface area (Å²) in [6.45, 7) is 2.88. The molecule has 0 bridgehead atoms. The van der Waals surface area contributed by atoms with Crippen molar-refractivity contribution >= 4 is 21.6 Å². The quantitative estimate of drug-likeness (QED) is 0.626. The van der Waals surface area contributed by atoms with Crippen molar-refractivity contribution in [3.05, 3.63) is 38.3 Å². The van der Waals surface area contributed by atoms with Crippen LogP contribution in [0.2, 0.25) is 0 Å². The number of aliphatic hydroxyl groups is 1. The van der Waals surface area contributed by atoms with Crippen molar-refractivity contribution in [3.63, 3.8) is 0 Å². The lowest BCUT2D eigenvalue weighted by Gasteiger charge is -2.39. The molecule has 5 nitrogen and oxygen atoms in total. The molecule has 0 aromatic heterocycles. The fourth-order valence-electron chi connectivity index (χ4n) is 2.80. The summed E-state index contributed by atoms with van der Waals surface area (Å²) < 4.78 is 0.486. The lowest BCUT2D eigenvalue weighted by Crippen LogP contribution is -2.50. The Kier molecular flexibility index (Phi) is 5.35. The minimum atomic E-state index is -0.391. The van der Waals surface area contributed by atoms with E-state index in [0.717, 1.165) is 31.2 Å². The summed E-state index contributed by atoms with van der Waals surface area (Å²) in [6.07, 6.45) is 4.11. The van der Waals surface area contributed by atoms with E-state index >= 15 is 0 Å². The van der Waals surface area contributed by atoms with E-state index in [1.54, 1.807) is 12.1 Å². The van der Waals surface area contributed by atoms with Crippen molar-refractivity contribution in [2.45, 2.75) is 44.7 Å². The first kappa shape index (κ1) is 16.4. The highest BCUT2D eigenvalue weighted by Gasteiger charge is 2.33. The maximum absolute atomic E-state index is 11.0. The molecule has 0 saturated heterocycles. The SMILES string of the molecule is CC1CCC(CO)(NCc2ccc(Br)c([N+](=O)[O-])c2)CC1. The number of nitro benzene ring substituents is 1. The molecule has 21 heavy (non-hydrogen) atoms. The number of aliphatic hydroxyl groups excluding tert-OH is 1. The van der Waals surface area contributed by atoms with Gasteiger partial charge in [0.25, 0.3) is 5.69 Å². The number of halogens is 1. The summed E-state index contributed by atoms with van der Waals surface area (Å²) in [5.41, 5.74) is 0.690. The average Bonchev–Trinajstić information content (AvgIpc) is 2.48. The lowest BCUT2D eigenvalue weighted by atomic mass is 9.77. The summed E-state index contributed by atoms with van der Waals surface area (Å²) >= 11 is 3.19. The van der Waals surface area contributed by atoms with Crippen molar-refractivity contribution < 1.29 is 10.0 Å². The van der Waals surface area contributed by atoms with Gasteiger partial charge in [-0.1, -0.05) is 13.0 Å². The monoisotopic (exact) mass is 356 g/mol. The third-order valence-electron chi connectivity index (χ3n) is 4.41. The number of hydrogen-bond acceptors (Lipinski definition) is 4. The first-order valence-electron chi connectivity index (χ1n) is 7.24. The van der Waals surface area contributed by atoms with E-state index in [1.165, 1.54) is 0 Å². The first-order valence-corrected chi connectivity index (χ1v) is 8.04.